The standard InChI is InChI=1S/C12H24O3P2/c1-5-16(14,6-2)10-9-12(11-13)17(15,7-3)8-4/h9,11H,5-8,10H2,1-4H3/b12-9-. The van der Waals surface area contributed by atoms with Crippen LogP contribution in [0.25, 0.3) is 0 Å². The molecule has 17 heavy (non-hydrogen) atoms. The minimum absolute atomic E-state index is 0.379. The largest absolute Gasteiger partial charge is 0.323 e. The van der Waals surface area contributed by atoms with E-state index in [9.17, 15) is 13.9 Å². The zero-order chi connectivity index (χ0) is 13.5. The van der Waals surface area contributed by atoms with E-state index < -0.39 is 14.3 Å². The summed E-state index contributed by atoms with van der Waals surface area (Å²) in [6.07, 6.45) is 5.01. The van der Waals surface area contributed by atoms with Gasteiger partial charge in [-0.05, 0) is 12.3 Å². The molecular formula is C12H24O3P2. The molecule has 0 unspecified atom stereocenters. The van der Waals surface area contributed by atoms with Crippen molar-refractivity contribution in [2.75, 3.05) is 30.8 Å². The van der Waals surface area contributed by atoms with Crippen molar-refractivity contribution in [2.24, 2.45) is 0 Å². The van der Waals surface area contributed by atoms with Gasteiger partial charge in [0.15, 0.2) is 6.29 Å². The maximum absolute atomic E-state index is 12.4. The van der Waals surface area contributed by atoms with Crippen LogP contribution < -0.4 is 0 Å². The van der Waals surface area contributed by atoms with Crippen LogP contribution in [0.5, 0.6) is 0 Å². The number of aldehydes is 1. The Morgan fingerprint density at radius 1 is 0.941 bits per heavy atom. The van der Waals surface area contributed by atoms with Crippen LogP contribution in [0.4, 0.5) is 0 Å². The third kappa shape index (κ3) is 4.56. The van der Waals surface area contributed by atoms with Gasteiger partial charge in [0.2, 0.25) is 0 Å². The van der Waals surface area contributed by atoms with E-state index in [1.165, 1.54) is 0 Å². The van der Waals surface area contributed by atoms with Gasteiger partial charge in [-0.2, -0.15) is 0 Å². The lowest BCUT2D eigenvalue weighted by atomic mass is 10.6. The topological polar surface area (TPSA) is 51.2 Å². The van der Waals surface area contributed by atoms with E-state index in [0.717, 1.165) is 0 Å². The van der Waals surface area contributed by atoms with Crippen LogP contribution in [0.2, 0.25) is 0 Å². The highest BCUT2D eigenvalue weighted by Crippen LogP contribution is 2.53. The van der Waals surface area contributed by atoms with Gasteiger partial charge >= 0.3 is 0 Å². The summed E-state index contributed by atoms with van der Waals surface area (Å²) >= 11 is 0. The van der Waals surface area contributed by atoms with Crippen LogP contribution in [-0.4, -0.2) is 37.1 Å². The van der Waals surface area contributed by atoms with E-state index in [1.807, 2.05) is 27.7 Å². The molecule has 0 spiro atoms. The molecular weight excluding hydrogens is 254 g/mol. The Balaban J connectivity index is 5.09. The molecule has 0 aromatic rings. The zero-order valence-electron chi connectivity index (χ0n) is 11.3. The summed E-state index contributed by atoms with van der Waals surface area (Å²) in [6, 6.07) is 0. The number of hydrogen-bond donors (Lipinski definition) is 0. The Morgan fingerprint density at radius 3 is 1.71 bits per heavy atom. The fourth-order valence-corrected chi connectivity index (χ4v) is 5.07. The molecule has 0 rings (SSSR count). The Kier molecular flexibility index (Phi) is 7.28. The fourth-order valence-electron chi connectivity index (χ4n) is 1.64. The molecule has 0 aromatic heterocycles. The van der Waals surface area contributed by atoms with Crippen molar-refractivity contribution >= 4 is 20.6 Å². The predicted octanol–water partition coefficient (Wildman–Crippen LogP) is 3.88. The average Bonchev–Trinajstić information content (AvgIpc) is 2.38. The molecule has 0 aliphatic carbocycles. The zero-order valence-corrected chi connectivity index (χ0v) is 13.1. The Labute approximate surface area is 105 Å². The van der Waals surface area contributed by atoms with Crippen molar-refractivity contribution < 1.29 is 13.9 Å². The third-order valence-electron chi connectivity index (χ3n) is 3.40. The summed E-state index contributed by atoms with van der Waals surface area (Å²) in [5.74, 6) is 0. The van der Waals surface area contributed by atoms with Crippen molar-refractivity contribution in [3.63, 3.8) is 0 Å². The summed E-state index contributed by atoms with van der Waals surface area (Å²) in [5.41, 5.74) is 0. The Hall–Kier alpha value is -0.130. The molecule has 0 amide bonds. The first-order valence-corrected chi connectivity index (χ1v) is 10.6. The third-order valence-corrected chi connectivity index (χ3v) is 9.82. The van der Waals surface area contributed by atoms with Crippen molar-refractivity contribution in [1.82, 2.24) is 0 Å². The first-order chi connectivity index (χ1) is 7.91. The van der Waals surface area contributed by atoms with Crippen LogP contribution in [0.1, 0.15) is 27.7 Å². The van der Waals surface area contributed by atoms with Gasteiger partial charge in [-0.1, -0.05) is 33.8 Å². The van der Waals surface area contributed by atoms with Gasteiger partial charge in [-0.25, -0.2) is 0 Å². The normalized spacial score (nSPS) is 13.8. The highest BCUT2D eigenvalue weighted by Gasteiger charge is 2.24. The molecule has 0 radical (unpaired) electrons. The summed E-state index contributed by atoms with van der Waals surface area (Å²) in [5, 5.41) is 0.379. The lowest BCUT2D eigenvalue weighted by Crippen LogP contribution is -1.99. The molecule has 0 aliphatic rings. The van der Waals surface area contributed by atoms with Crippen LogP contribution >= 0.6 is 14.3 Å². The van der Waals surface area contributed by atoms with Crippen molar-refractivity contribution in [3.8, 4) is 0 Å². The molecule has 0 atom stereocenters. The molecule has 3 nitrogen and oxygen atoms in total. The van der Waals surface area contributed by atoms with E-state index >= 15 is 0 Å². The molecule has 0 aliphatic heterocycles. The maximum Gasteiger partial charge on any atom is 0.153 e. The van der Waals surface area contributed by atoms with Crippen LogP contribution in [0, 0.1) is 0 Å². The summed E-state index contributed by atoms with van der Waals surface area (Å²) in [7, 11) is -4.72. The molecule has 0 aromatic carbocycles. The average molecular weight is 278 g/mol. The minimum atomic E-state index is -2.53. The summed E-state index contributed by atoms with van der Waals surface area (Å²) in [6.45, 7) is 7.47. The number of hydrogen-bond acceptors (Lipinski definition) is 3. The second-order valence-electron chi connectivity index (χ2n) is 4.14. The van der Waals surface area contributed by atoms with Crippen molar-refractivity contribution in [3.05, 3.63) is 11.4 Å². The van der Waals surface area contributed by atoms with Gasteiger partial charge in [0.1, 0.15) is 7.14 Å². The number of rotatable bonds is 8. The first-order valence-electron chi connectivity index (χ1n) is 6.22. The van der Waals surface area contributed by atoms with Gasteiger partial charge in [-0.3, -0.25) is 4.79 Å². The molecule has 0 N–H and O–H groups in total. The second-order valence-corrected chi connectivity index (χ2v) is 11.4. The molecule has 0 saturated carbocycles. The van der Waals surface area contributed by atoms with Gasteiger partial charge < -0.3 is 9.13 Å². The Bertz CT molecular complexity index is 356. The van der Waals surface area contributed by atoms with Crippen molar-refractivity contribution in [2.45, 2.75) is 27.7 Å². The van der Waals surface area contributed by atoms with E-state index in [0.29, 0.717) is 42.4 Å². The van der Waals surface area contributed by atoms with Gasteiger partial charge in [0.05, 0.1) is 7.14 Å². The van der Waals surface area contributed by atoms with E-state index in [4.69, 9.17) is 0 Å². The predicted molar refractivity (Wildman–Crippen MR) is 76.4 cm³/mol. The van der Waals surface area contributed by atoms with Crippen LogP contribution in [0.3, 0.4) is 0 Å². The highest BCUT2D eigenvalue weighted by molar-refractivity contribution is 7.69. The fraction of sp³-hybridized carbons (Fsp3) is 0.750. The van der Waals surface area contributed by atoms with Gasteiger partial charge in [-0.15, -0.1) is 0 Å². The van der Waals surface area contributed by atoms with Gasteiger partial charge in [0, 0.05) is 23.8 Å². The summed E-state index contributed by atoms with van der Waals surface area (Å²) in [4.78, 5) is 11.0. The summed E-state index contributed by atoms with van der Waals surface area (Å²) < 4.78 is 24.6. The quantitative estimate of drug-likeness (QED) is 0.384. The van der Waals surface area contributed by atoms with E-state index in [2.05, 4.69) is 0 Å². The Morgan fingerprint density at radius 2 is 1.41 bits per heavy atom. The second kappa shape index (κ2) is 7.34. The molecule has 0 saturated heterocycles. The van der Waals surface area contributed by atoms with E-state index in [-0.39, 0.29) is 0 Å². The smallest absolute Gasteiger partial charge is 0.153 e. The van der Waals surface area contributed by atoms with Crippen LogP contribution in [0.15, 0.2) is 11.4 Å². The van der Waals surface area contributed by atoms with E-state index in [1.54, 1.807) is 6.08 Å². The molecule has 0 bridgehead atoms. The maximum atomic E-state index is 12.4. The van der Waals surface area contributed by atoms with Gasteiger partial charge in [0.25, 0.3) is 0 Å². The minimum Gasteiger partial charge on any atom is -0.323 e. The van der Waals surface area contributed by atoms with Crippen LogP contribution in [-0.2, 0) is 13.9 Å². The molecule has 5 heteroatoms. The molecule has 100 valence electrons. The molecule has 0 fully saturated rings. The molecule has 0 heterocycles. The monoisotopic (exact) mass is 278 g/mol. The lowest BCUT2D eigenvalue weighted by molar-refractivity contribution is -0.104. The number of carbonyl (C=O) groups excluding carboxylic acids is 1. The number of carbonyl (C=O) groups is 1. The van der Waals surface area contributed by atoms with Crippen molar-refractivity contribution in [1.29, 1.82) is 0 Å². The lowest BCUT2D eigenvalue weighted by Gasteiger charge is -2.16. The number of allylic oxidation sites excluding steroid dienone is 2. The SMILES string of the molecule is CCP(=O)(CC)C/C=C(/C=O)P(=O)(CC)CC. The highest BCUT2D eigenvalue weighted by atomic mass is 31.2. The first kappa shape index (κ1) is 16.9.